The molecule has 8 nitrogen and oxygen atoms in total. The average molecular weight is 625 g/mol. The Balaban J connectivity index is 1.36. The van der Waals surface area contributed by atoms with Crippen LogP contribution >= 0.6 is 23.2 Å². The van der Waals surface area contributed by atoms with E-state index in [2.05, 4.69) is 15.3 Å². The van der Waals surface area contributed by atoms with Gasteiger partial charge in [0.1, 0.15) is 23.8 Å². The number of hydrogen-bond acceptors (Lipinski definition) is 5. The third-order valence-electron chi connectivity index (χ3n) is 9.46. The van der Waals surface area contributed by atoms with Crippen LogP contribution in [0.15, 0.2) is 48.5 Å². The molecule has 220 valence electrons. The van der Waals surface area contributed by atoms with Gasteiger partial charge in [-0.3, -0.25) is 9.69 Å². The second-order valence-corrected chi connectivity index (χ2v) is 12.7. The van der Waals surface area contributed by atoms with Crippen molar-refractivity contribution in [1.82, 2.24) is 14.7 Å². The van der Waals surface area contributed by atoms with Crippen LogP contribution in [0.25, 0.3) is 10.9 Å². The Morgan fingerprint density at radius 3 is 2.74 bits per heavy atom. The van der Waals surface area contributed by atoms with Crippen LogP contribution in [0.1, 0.15) is 40.2 Å². The lowest BCUT2D eigenvalue weighted by molar-refractivity contribution is -0.128. The minimum absolute atomic E-state index is 0.0494. The molecule has 0 unspecified atom stereocenters. The number of hydrogen-bond donors (Lipinski definition) is 2. The molecule has 43 heavy (non-hydrogen) atoms. The molecule has 4 aliphatic rings. The van der Waals surface area contributed by atoms with E-state index >= 15 is 4.39 Å². The molecule has 3 aromatic carbocycles. The van der Waals surface area contributed by atoms with Gasteiger partial charge in [-0.05, 0) is 54.7 Å². The van der Waals surface area contributed by atoms with E-state index in [1.807, 2.05) is 6.07 Å². The van der Waals surface area contributed by atoms with Crippen LogP contribution in [0.4, 0.5) is 14.5 Å². The normalized spacial score (nSPS) is 26.1. The first kappa shape index (κ1) is 26.9. The van der Waals surface area contributed by atoms with Crippen molar-refractivity contribution in [3.63, 3.8) is 0 Å². The minimum Gasteiger partial charge on any atom is -0.478 e. The summed E-state index contributed by atoms with van der Waals surface area (Å²) < 4.78 is 38.8. The minimum atomic E-state index is -1.40. The number of anilines is 1. The van der Waals surface area contributed by atoms with Gasteiger partial charge in [0.05, 0.1) is 27.5 Å². The molecule has 2 N–H and O–H groups in total. The van der Waals surface area contributed by atoms with Crippen molar-refractivity contribution >= 4 is 51.7 Å². The highest BCUT2D eigenvalue weighted by atomic mass is 35.5. The number of carbonyl (C=O) groups excluding carboxylic acids is 1. The molecule has 1 aliphatic carbocycles. The average Bonchev–Trinajstić information content (AvgIpc) is 3.64. The van der Waals surface area contributed by atoms with Crippen LogP contribution in [-0.4, -0.2) is 50.9 Å². The third kappa shape index (κ3) is 3.79. The molecule has 4 aromatic rings. The zero-order valence-corrected chi connectivity index (χ0v) is 24.0. The number of ether oxygens (including phenoxy) is 1. The zero-order chi connectivity index (χ0) is 29.8. The zero-order valence-electron chi connectivity index (χ0n) is 22.5. The van der Waals surface area contributed by atoms with Crippen LogP contribution < -0.4 is 10.1 Å². The lowest BCUT2D eigenvalue weighted by Crippen LogP contribution is -2.53. The van der Waals surface area contributed by atoms with Gasteiger partial charge in [-0.1, -0.05) is 41.4 Å². The number of carbonyl (C=O) groups is 2. The van der Waals surface area contributed by atoms with Crippen molar-refractivity contribution in [1.29, 1.82) is 0 Å². The molecule has 12 heteroatoms. The number of carboxylic acids is 1. The smallest absolute Gasteiger partial charge is 0.338 e. The first-order chi connectivity index (χ1) is 20.7. The first-order valence-electron chi connectivity index (χ1n) is 14.1. The molecular formula is C31H24Cl2F2N4O4. The SMILES string of the molecule is O=C(O)c1cc2nn3c(c2cc1F)OC[C@H]1[C@@H](C3)[C@H](c2cccc(Cl)c2F)[C@]2(C(=O)Nc3cc(Cl)ccc32)N1CC1CC1. The quantitative estimate of drug-likeness (QED) is 0.287. The Morgan fingerprint density at radius 2 is 1.98 bits per heavy atom. The fraction of sp³-hybridized carbons (Fsp3) is 0.323. The van der Waals surface area contributed by atoms with Crippen LogP contribution in [-0.2, 0) is 16.9 Å². The topological polar surface area (TPSA) is 96.7 Å². The van der Waals surface area contributed by atoms with Crippen molar-refractivity contribution in [2.24, 2.45) is 11.8 Å². The summed E-state index contributed by atoms with van der Waals surface area (Å²) in [6.45, 7) is 0.921. The van der Waals surface area contributed by atoms with Gasteiger partial charge in [0.25, 0.3) is 0 Å². The number of aromatic carboxylic acids is 1. The van der Waals surface area contributed by atoms with E-state index in [1.54, 1.807) is 28.9 Å². The van der Waals surface area contributed by atoms with Gasteiger partial charge in [-0.15, -0.1) is 0 Å². The Kier molecular flexibility index (Phi) is 5.86. The molecule has 4 heterocycles. The largest absolute Gasteiger partial charge is 0.478 e. The molecular weight excluding hydrogens is 601 g/mol. The van der Waals surface area contributed by atoms with Crippen LogP contribution in [0.5, 0.6) is 5.88 Å². The summed E-state index contributed by atoms with van der Waals surface area (Å²) >= 11 is 12.7. The number of amides is 1. The molecule has 4 atom stereocenters. The van der Waals surface area contributed by atoms with Gasteiger partial charge >= 0.3 is 5.97 Å². The van der Waals surface area contributed by atoms with E-state index in [0.29, 0.717) is 45.6 Å². The maximum absolute atomic E-state index is 16.1. The third-order valence-corrected chi connectivity index (χ3v) is 9.99. The Labute approximate surface area is 254 Å². The summed E-state index contributed by atoms with van der Waals surface area (Å²) in [5.74, 6) is -3.62. The van der Waals surface area contributed by atoms with Crippen molar-refractivity contribution in [3.8, 4) is 5.88 Å². The molecule has 0 radical (unpaired) electrons. The molecule has 1 saturated carbocycles. The van der Waals surface area contributed by atoms with Gasteiger partial charge in [-0.2, -0.15) is 5.10 Å². The summed E-state index contributed by atoms with van der Waals surface area (Å²) in [4.78, 5) is 28.2. The number of rotatable bonds is 4. The molecule has 1 saturated heterocycles. The van der Waals surface area contributed by atoms with E-state index in [4.69, 9.17) is 27.9 Å². The van der Waals surface area contributed by atoms with E-state index < -0.39 is 40.5 Å². The Bertz CT molecular complexity index is 1880. The molecule has 3 aliphatic heterocycles. The second kappa shape index (κ2) is 9.38. The molecule has 2 fully saturated rings. The number of benzene rings is 3. The Morgan fingerprint density at radius 1 is 1.16 bits per heavy atom. The molecule has 1 spiro atoms. The van der Waals surface area contributed by atoms with Crippen molar-refractivity contribution in [2.45, 2.75) is 36.9 Å². The summed E-state index contributed by atoms with van der Waals surface area (Å²) in [5.41, 5.74) is 0.0616. The number of carboxylic acid groups (broad SMARTS) is 1. The highest BCUT2D eigenvalue weighted by Crippen LogP contribution is 2.61. The summed E-state index contributed by atoms with van der Waals surface area (Å²) in [5, 5.41) is 17.9. The second-order valence-electron chi connectivity index (χ2n) is 11.8. The fourth-order valence-corrected chi connectivity index (χ4v) is 7.89. The van der Waals surface area contributed by atoms with Gasteiger partial charge in [0, 0.05) is 41.2 Å². The Hall–Kier alpha value is -3.73. The predicted molar refractivity (Wildman–Crippen MR) is 155 cm³/mol. The van der Waals surface area contributed by atoms with Gasteiger partial charge in [0.15, 0.2) is 0 Å². The van der Waals surface area contributed by atoms with Crippen molar-refractivity contribution in [2.75, 3.05) is 18.5 Å². The summed E-state index contributed by atoms with van der Waals surface area (Å²) in [7, 11) is 0. The monoisotopic (exact) mass is 624 g/mol. The number of nitrogens with one attached hydrogen (secondary N) is 1. The van der Waals surface area contributed by atoms with Crippen LogP contribution in [0, 0.1) is 23.5 Å². The van der Waals surface area contributed by atoms with Crippen LogP contribution in [0.3, 0.4) is 0 Å². The van der Waals surface area contributed by atoms with E-state index in [1.165, 1.54) is 12.1 Å². The summed E-state index contributed by atoms with van der Waals surface area (Å²) in [6, 6.07) is 12.1. The number of halogens is 4. The highest BCUT2D eigenvalue weighted by Gasteiger charge is 2.68. The van der Waals surface area contributed by atoms with Crippen molar-refractivity contribution in [3.05, 3.63) is 86.9 Å². The number of aromatic nitrogens is 2. The first-order valence-corrected chi connectivity index (χ1v) is 14.8. The van der Waals surface area contributed by atoms with Gasteiger partial charge < -0.3 is 15.2 Å². The fourth-order valence-electron chi connectivity index (χ4n) is 7.54. The molecule has 0 bridgehead atoms. The van der Waals surface area contributed by atoms with Gasteiger partial charge in [0.2, 0.25) is 11.8 Å². The van der Waals surface area contributed by atoms with E-state index in [9.17, 15) is 19.1 Å². The number of likely N-dealkylation sites (tertiary alicyclic amines) is 1. The molecule has 1 aromatic heterocycles. The van der Waals surface area contributed by atoms with E-state index in [-0.39, 0.29) is 35.6 Å². The van der Waals surface area contributed by atoms with Gasteiger partial charge in [-0.25, -0.2) is 18.3 Å². The maximum atomic E-state index is 16.1. The number of fused-ring (bicyclic) bond motifs is 6. The van der Waals surface area contributed by atoms with Crippen molar-refractivity contribution < 1.29 is 28.2 Å². The molecule has 8 rings (SSSR count). The predicted octanol–water partition coefficient (Wildman–Crippen LogP) is 6.05. The van der Waals surface area contributed by atoms with Crippen LogP contribution in [0.2, 0.25) is 10.0 Å². The lowest BCUT2D eigenvalue weighted by Gasteiger charge is -2.40. The maximum Gasteiger partial charge on any atom is 0.338 e. The highest BCUT2D eigenvalue weighted by molar-refractivity contribution is 6.31. The van der Waals surface area contributed by atoms with E-state index in [0.717, 1.165) is 18.9 Å². The molecule has 1 amide bonds. The lowest BCUT2D eigenvalue weighted by atomic mass is 9.71. The summed E-state index contributed by atoms with van der Waals surface area (Å²) in [6.07, 6.45) is 2.04. The number of nitrogens with zero attached hydrogens (tertiary/aromatic N) is 3. The standard InChI is InChI=1S/C31H24Cl2F2N4O4/c32-15-6-7-20-24(8-15)36-30(42)31(20)26(16-2-1-3-21(33)27(16)35)19-12-39-28(43-13-25(19)38(31)11-14-4-5-14)18-9-22(34)17(29(40)41)10-23(18)37-39/h1-3,6-10,14,19,25-26H,4-5,11-13H2,(H,36,42)(H,40,41)/t19-,25+,26+,31-/m1/s1.